The van der Waals surface area contributed by atoms with Crippen molar-refractivity contribution < 1.29 is 4.74 Å². The number of thiazole rings is 1. The molecule has 1 aromatic rings. The fraction of sp³-hybridized carbons (Fsp3) is 0.556. The Hall–Kier alpha value is -0.720. The van der Waals surface area contributed by atoms with Gasteiger partial charge in [-0.1, -0.05) is 0 Å². The molecule has 0 bridgehead atoms. The highest BCUT2D eigenvalue weighted by Gasteiger charge is 2.03. The molecule has 1 rings (SSSR count). The van der Waals surface area contributed by atoms with Crippen LogP contribution in [0.4, 0.5) is 0 Å². The molecule has 0 aliphatic carbocycles. The molecule has 0 radical (unpaired) electrons. The lowest BCUT2D eigenvalue weighted by molar-refractivity contribution is 0.179. The molecule has 0 spiro atoms. The van der Waals surface area contributed by atoms with Crippen molar-refractivity contribution in [3.8, 4) is 0 Å². The molecule has 84 valence electrons. The second-order valence-electron chi connectivity index (χ2n) is 3.15. The summed E-state index contributed by atoms with van der Waals surface area (Å²) in [5, 5.41) is 6.88. The molecule has 0 amide bonds. The van der Waals surface area contributed by atoms with E-state index in [9.17, 15) is 0 Å². The average molecular weight is 245 g/mol. The largest absolute Gasteiger partial charge is 0.383 e. The highest BCUT2D eigenvalue weighted by Crippen LogP contribution is 2.03. The van der Waals surface area contributed by atoms with Gasteiger partial charge in [-0.2, -0.15) is 0 Å². The van der Waals surface area contributed by atoms with Gasteiger partial charge in [-0.05, 0) is 19.1 Å². The van der Waals surface area contributed by atoms with Crippen LogP contribution in [-0.4, -0.2) is 29.9 Å². The number of methoxy groups -OCH3 is 1. The molecule has 1 heterocycles. The number of hydrogen-bond donors (Lipinski definition) is 2. The van der Waals surface area contributed by atoms with Crippen LogP contribution in [0.25, 0.3) is 0 Å². The molecule has 0 aliphatic heterocycles. The van der Waals surface area contributed by atoms with Gasteiger partial charge in [0.25, 0.3) is 0 Å². The standard InChI is InChI=1S/C9H15N3OS2/c1-7(5-13-2)12-9(14)11-4-8-3-10-6-15-8/h3,6-7H,4-5H2,1-2H3,(H2,11,12,14). The number of ether oxygens (including phenoxy) is 1. The highest BCUT2D eigenvalue weighted by atomic mass is 32.1. The first-order valence-electron chi connectivity index (χ1n) is 4.63. The van der Waals surface area contributed by atoms with Crippen LogP contribution < -0.4 is 10.6 Å². The molecule has 1 unspecified atom stereocenters. The van der Waals surface area contributed by atoms with Crippen LogP contribution in [0.15, 0.2) is 11.7 Å². The van der Waals surface area contributed by atoms with Gasteiger partial charge < -0.3 is 15.4 Å². The van der Waals surface area contributed by atoms with Gasteiger partial charge in [-0.25, -0.2) is 0 Å². The lowest BCUT2D eigenvalue weighted by Crippen LogP contribution is -2.41. The van der Waals surface area contributed by atoms with E-state index in [0.29, 0.717) is 11.7 Å². The Balaban J connectivity index is 2.19. The molecule has 0 saturated heterocycles. The Morgan fingerprint density at radius 2 is 2.53 bits per heavy atom. The number of hydrogen-bond acceptors (Lipinski definition) is 4. The van der Waals surface area contributed by atoms with Crippen molar-refractivity contribution in [3.05, 3.63) is 16.6 Å². The van der Waals surface area contributed by atoms with Crippen molar-refractivity contribution >= 4 is 28.7 Å². The van der Waals surface area contributed by atoms with Crippen LogP contribution in [0.3, 0.4) is 0 Å². The zero-order chi connectivity index (χ0) is 11.1. The van der Waals surface area contributed by atoms with Crippen molar-refractivity contribution in [2.45, 2.75) is 19.5 Å². The van der Waals surface area contributed by atoms with Gasteiger partial charge >= 0.3 is 0 Å². The molecule has 4 nitrogen and oxygen atoms in total. The number of thiocarbonyl (C=S) groups is 1. The summed E-state index contributed by atoms with van der Waals surface area (Å²) >= 11 is 6.73. The summed E-state index contributed by atoms with van der Waals surface area (Å²) in [5.74, 6) is 0. The van der Waals surface area contributed by atoms with Crippen LogP contribution in [0, 0.1) is 0 Å². The number of nitrogens with one attached hydrogen (secondary N) is 2. The second-order valence-corrected chi connectivity index (χ2v) is 4.53. The lowest BCUT2D eigenvalue weighted by atomic mass is 10.4. The van der Waals surface area contributed by atoms with E-state index in [1.807, 2.05) is 13.1 Å². The van der Waals surface area contributed by atoms with E-state index < -0.39 is 0 Å². The van der Waals surface area contributed by atoms with Crippen LogP contribution in [-0.2, 0) is 11.3 Å². The fourth-order valence-electron chi connectivity index (χ4n) is 1.06. The summed E-state index contributed by atoms with van der Waals surface area (Å²) in [6.45, 7) is 3.38. The highest BCUT2D eigenvalue weighted by molar-refractivity contribution is 7.80. The monoisotopic (exact) mass is 245 g/mol. The summed E-state index contributed by atoms with van der Waals surface area (Å²) in [6.07, 6.45) is 1.83. The van der Waals surface area contributed by atoms with Gasteiger partial charge in [-0.3, -0.25) is 4.98 Å². The molecule has 0 aliphatic rings. The van der Waals surface area contributed by atoms with Gasteiger partial charge in [-0.15, -0.1) is 11.3 Å². The molecule has 0 fully saturated rings. The normalized spacial score (nSPS) is 12.1. The molecular formula is C9H15N3OS2. The summed E-state index contributed by atoms with van der Waals surface area (Å²) in [4.78, 5) is 5.15. The first-order valence-corrected chi connectivity index (χ1v) is 5.92. The van der Waals surface area contributed by atoms with E-state index in [4.69, 9.17) is 17.0 Å². The Bertz CT molecular complexity index is 290. The van der Waals surface area contributed by atoms with Crippen LogP contribution >= 0.6 is 23.6 Å². The van der Waals surface area contributed by atoms with E-state index in [0.717, 1.165) is 6.54 Å². The molecule has 2 N–H and O–H groups in total. The van der Waals surface area contributed by atoms with Crippen LogP contribution in [0.1, 0.15) is 11.8 Å². The second kappa shape index (κ2) is 6.71. The van der Waals surface area contributed by atoms with E-state index in [1.165, 1.54) is 4.88 Å². The zero-order valence-corrected chi connectivity index (χ0v) is 10.5. The summed E-state index contributed by atoms with van der Waals surface area (Å²) in [6, 6.07) is 0.219. The maximum absolute atomic E-state index is 5.12. The number of rotatable bonds is 5. The maximum atomic E-state index is 5.12. The van der Waals surface area contributed by atoms with Crippen molar-refractivity contribution in [1.29, 1.82) is 0 Å². The third kappa shape index (κ3) is 5.06. The van der Waals surface area contributed by atoms with Crippen LogP contribution in [0.5, 0.6) is 0 Å². The predicted octanol–water partition coefficient (Wildman–Crippen LogP) is 1.14. The average Bonchev–Trinajstić information content (AvgIpc) is 2.67. The third-order valence-electron chi connectivity index (χ3n) is 1.70. The Labute approximate surface area is 99.1 Å². The quantitative estimate of drug-likeness (QED) is 0.762. The summed E-state index contributed by atoms with van der Waals surface area (Å²) in [5.41, 5.74) is 1.81. The maximum Gasteiger partial charge on any atom is 0.166 e. The molecule has 6 heteroatoms. The van der Waals surface area contributed by atoms with E-state index in [1.54, 1.807) is 24.0 Å². The number of nitrogens with zero attached hydrogens (tertiary/aromatic N) is 1. The fourth-order valence-corrected chi connectivity index (χ4v) is 1.87. The topological polar surface area (TPSA) is 46.2 Å². The van der Waals surface area contributed by atoms with Crippen molar-refractivity contribution in [2.75, 3.05) is 13.7 Å². The first kappa shape index (κ1) is 12.4. The van der Waals surface area contributed by atoms with E-state index in [-0.39, 0.29) is 6.04 Å². The van der Waals surface area contributed by atoms with Crippen molar-refractivity contribution in [2.24, 2.45) is 0 Å². The van der Waals surface area contributed by atoms with Crippen molar-refractivity contribution in [3.63, 3.8) is 0 Å². The molecule has 0 aromatic carbocycles. The van der Waals surface area contributed by atoms with Gasteiger partial charge in [0, 0.05) is 24.2 Å². The summed E-state index contributed by atoms with van der Waals surface area (Å²) < 4.78 is 5.00. The molecule has 1 aromatic heterocycles. The van der Waals surface area contributed by atoms with Crippen molar-refractivity contribution in [1.82, 2.24) is 15.6 Å². The Kier molecular flexibility index (Phi) is 5.52. The SMILES string of the molecule is COCC(C)NC(=S)NCc1cncs1. The zero-order valence-electron chi connectivity index (χ0n) is 8.82. The molecule has 1 atom stereocenters. The summed E-state index contributed by atoms with van der Waals surface area (Å²) in [7, 11) is 1.67. The molecule has 0 saturated carbocycles. The van der Waals surface area contributed by atoms with Gasteiger partial charge in [0.1, 0.15) is 0 Å². The van der Waals surface area contributed by atoms with E-state index >= 15 is 0 Å². The minimum atomic E-state index is 0.219. The van der Waals surface area contributed by atoms with Gasteiger partial charge in [0.2, 0.25) is 0 Å². The minimum Gasteiger partial charge on any atom is -0.383 e. The van der Waals surface area contributed by atoms with Gasteiger partial charge in [0.15, 0.2) is 5.11 Å². The van der Waals surface area contributed by atoms with E-state index in [2.05, 4.69) is 15.6 Å². The lowest BCUT2D eigenvalue weighted by Gasteiger charge is -2.15. The predicted molar refractivity (Wildman–Crippen MR) is 66.0 cm³/mol. The number of aromatic nitrogens is 1. The molecule has 15 heavy (non-hydrogen) atoms. The van der Waals surface area contributed by atoms with Crippen LogP contribution in [0.2, 0.25) is 0 Å². The first-order chi connectivity index (χ1) is 7.22. The smallest absolute Gasteiger partial charge is 0.166 e. The minimum absolute atomic E-state index is 0.219. The molecular weight excluding hydrogens is 230 g/mol. The third-order valence-corrected chi connectivity index (χ3v) is 2.74. The Morgan fingerprint density at radius 3 is 3.13 bits per heavy atom. The van der Waals surface area contributed by atoms with Gasteiger partial charge in [0.05, 0.1) is 18.7 Å². The Morgan fingerprint density at radius 1 is 1.73 bits per heavy atom.